The minimum absolute atomic E-state index is 0.339. The number of hydrogen-bond acceptors (Lipinski definition) is 3. The Kier molecular flexibility index (Phi) is 6.01. The molecule has 0 aliphatic carbocycles. The quantitative estimate of drug-likeness (QED) is 0.628. The Bertz CT molecular complexity index is 351. The number of benzene rings is 1. The second kappa shape index (κ2) is 7.30. The summed E-state index contributed by atoms with van der Waals surface area (Å²) < 4.78 is 5.05. The van der Waals surface area contributed by atoms with Crippen molar-refractivity contribution >= 4 is 17.6 Å². The maximum Gasteiger partial charge on any atom is 0.323 e. The third-order valence-corrected chi connectivity index (χ3v) is 2.67. The van der Waals surface area contributed by atoms with Gasteiger partial charge in [0.2, 0.25) is 0 Å². The molecule has 0 aliphatic rings. The van der Waals surface area contributed by atoms with Crippen LogP contribution in [0.1, 0.15) is 25.3 Å². The van der Waals surface area contributed by atoms with Gasteiger partial charge in [0.1, 0.15) is 6.04 Å². The Hall–Kier alpha value is -1.06. The molecule has 1 atom stereocenters. The molecule has 1 rings (SSSR count). The normalized spacial score (nSPS) is 12.2. The lowest BCUT2D eigenvalue weighted by Gasteiger charge is -2.11. The highest BCUT2D eigenvalue weighted by molar-refractivity contribution is 6.30. The summed E-state index contributed by atoms with van der Waals surface area (Å²) in [6.45, 7) is 2.49. The maximum atomic E-state index is 11.5. The van der Waals surface area contributed by atoms with E-state index in [-0.39, 0.29) is 5.97 Å². The fourth-order valence-corrected chi connectivity index (χ4v) is 1.51. The number of halogens is 1. The molecular formula is C13H18ClNO2. The Morgan fingerprint density at radius 2 is 2.06 bits per heavy atom. The molecule has 0 amide bonds. The van der Waals surface area contributed by atoms with Gasteiger partial charge in [0.05, 0.1) is 6.61 Å². The van der Waals surface area contributed by atoms with E-state index in [4.69, 9.17) is 22.1 Å². The first-order chi connectivity index (χ1) is 8.13. The number of ether oxygens (including phenoxy) is 1. The second-order valence-electron chi connectivity index (χ2n) is 3.96. The summed E-state index contributed by atoms with van der Waals surface area (Å²) in [4.78, 5) is 11.5. The van der Waals surface area contributed by atoms with Crippen molar-refractivity contribution in [2.45, 2.75) is 32.2 Å². The molecule has 4 heteroatoms. The topological polar surface area (TPSA) is 52.3 Å². The molecule has 0 bridgehead atoms. The summed E-state index contributed by atoms with van der Waals surface area (Å²) in [5.41, 5.74) is 6.74. The van der Waals surface area contributed by atoms with Gasteiger partial charge < -0.3 is 10.5 Å². The third-order valence-electron chi connectivity index (χ3n) is 2.41. The predicted octanol–water partition coefficient (Wildman–Crippen LogP) is 2.55. The van der Waals surface area contributed by atoms with Crippen LogP contribution in [-0.2, 0) is 16.0 Å². The largest absolute Gasteiger partial charge is 0.465 e. The summed E-state index contributed by atoms with van der Waals surface area (Å²) >= 11 is 5.77. The molecule has 0 saturated heterocycles. The summed E-state index contributed by atoms with van der Waals surface area (Å²) in [6, 6.07) is 6.69. The third kappa shape index (κ3) is 5.20. The maximum absolute atomic E-state index is 11.5. The van der Waals surface area contributed by atoms with E-state index in [9.17, 15) is 4.79 Å². The van der Waals surface area contributed by atoms with Crippen LogP contribution in [0.4, 0.5) is 0 Å². The molecule has 0 radical (unpaired) electrons. The van der Waals surface area contributed by atoms with Crippen LogP contribution in [-0.4, -0.2) is 18.6 Å². The monoisotopic (exact) mass is 255 g/mol. The highest BCUT2D eigenvalue weighted by Crippen LogP contribution is 2.11. The van der Waals surface area contributed by atoms with Crippen LogP contribution in [0.3, 0.4) is 0 Å². The van der Waals surface area contributed by atoms with E-state index in [1.807, 2.05) is 19.1 Å². The van der Waals surface area contributed by atoms with Gasteiger partial charge in [-0.15, -0.1) is 0 Å². The predicted molar refractivity (Wildman–Crippen MR) is 69.0 cm³/mol. The second-order valence-corrected chi connectivity index (χ2v) is 4.39. The van der Waals surface area contributed by atoms with Crippen molar-refractivity contribution in [3.05, 3.63) is 34.9 Å². The number of rotatable bonds is 6. The summed E-state index contributed by atoms with van der Waals surface area (Å²) in [5, 5.41) is 0.674. The zero-order valence-corrected chi connectivity index (χ0v) is 10.7. The van der Waals surface area contributed by atoms with Gasteiger partial charge in [0.25, 0.3) is 0 Å². The first-order valence-electron chi connectivity index (χ1n) is 5.80. The van der Waals surface area contributed by atoms with Gasteiger partial charge in [-0.1, -0.05) is 37.1 Å². The molecular weight excluding hydrogens is 238 g/mol. The zero-order chi connectivity index (χ0) is 12.7. The molecule has 0 unspecified atom stereocenters. The smallest absolute Gasteiger partial charge is 0.323 e. The highest BCUT2D eigenvalue weighted by Gasteiger charge is 2.15. The zero-order valence-electron chi connectivity index (χ0n) is 9.99. The first-order valence-corrected chi connectivity index (χ1v) is 6.18. The molecule has 2 N–H and O–H groups in total. The van der Waals surface area contributed by atoms with Gasteiger partial charge in [0, 0.05) is 5.02 Å². The average molecular weight is 256 g/mol. The standard InChI is InChI=1S/C13H18ClNO2/c1-2-3-8-17-13(16)12(15)9-10-4-6-11(14)7-5-10/h4-7,12H,2-3,8-9,15H2,1H3/t12-/m1/s1. The summed E-state index contributed by atoms with van der Waals surface area (Å²) in [7, 11) is 0. The van der Waals surface area contributed by atoms with Gasteiger partial charge in [-0.05, 0) is 30.5 Å². The van der Waals surface area contributed by atoms with E-state index < -0.39 is 6.04 Å². The van der Waals surface area contributed by atoms with Gasteiger partial charge in [-0.25, -0.2) is 0 Å². The fraction of sp³-hybridized carbons (Fsp3) is 0.462. The molecule has 17 heavy (non-hydrogen) atoms. The van der Waals surface area contributed by atoms with Crippen LogP contribution >= 0.6 is 11.6 Å². The van der Waals surface area contributed by atoms with Crippen molar-refractivity contribution in [3.8, 4) is 0 Å². The molecule has 0 aliphatic heterocycles. The lowest BCUT2D eigenvalue weighted by Crippen LogP contribution is -2.34. The molecule has 1 aromatic carbocycles. The van der Waals surface area contributed by atoms with Crippen molar-refractivity contribution in [1.29, 1.82) is 0 Å². The van der Waals surface area contributed by atoms with Crippen molar-refractivity contribution in [2.24, 2.45) is 5.73 Å². The number of carbonyl (C=O) groups excluding carboxylic acids is 1. The van der Waals surface area contributed by atoms with E-state index >= 15 is 0 Å². The Labute approximate surface area is 107 Å². The molecule has 94 valence electrons. The summed E-state index contributed by atoms with van der Waals surface area (Å²) in [6.07, 6.45) is 2.35. The molecule has 0 aromatic heterocycles. The lowest BCUT2D eigenvalue weighted by atomic mass is 10.1. The minimum atomic E-state index is -0.604. The van der Waals surface area contributed by atoms with E-state index in [0.29, 0.717) is 18.1 Å². The molecule has 1 aromatic rings. The average Bonchev–Trinajstić information content (AvgIpc) is 2.32. The number of nitrogens with two attached hydrogens (primary N) is 1. The van der Waals surface area contributed by atoms with Gasteiger partial charge >= 0.3 is 5.97 Å². The van der Waals surface area contributed by atoms with E-state index in [1.165, 1.54) is 0 Å². The molecule has 0 spiro atoms. The Morgan fingerprint density at radius 3 is 2.65 bits per heavy atom. The summed E-state index contributed by atoms with van der Waals surface area (Å²) in [5.74, 6) is -0.339. The van der Waals surface area contributed by atoms with Crippen LogP contribution in [0.25, 0.3) is 0 Å². The van der Waals surface area contributed by atoms with Gasteiger partial charge in [-0.2, -0.15) is 0 Å². The fourth-order valence-electron chi connectivity index (χ4n) is 1.38. The highest BCUT2D eigenvalue weighted by atomic mass is 35.5. The molecule has 0 saturated carbocycles. The molecule has 0 fully saturated rings. The van der Waals surface area contributed by atoms with Crippen molar-refractivity contribution in [3.63, 3.8) is 0 Å². The number of hydrogen-bond donors (Lipinski definition) is 1. The number of carbonyl (C=O) groups is 1. The van der Waals surface area contributed by atoms with Crippen LogP contribution in [0.5, 0.6) is 0 Å². The minimum Gasteiger partial charge on any atom is -0.465 e. The van der Waals surface area contributed by atoms with Gasteiger partial charge in [-0.3, -0.25) is 4.79 Å². The van der Waals surface area contributed by atoms with Crippen molar-refractivity contribution in [1.82, 2.24) is 0 Å². The van der Waals surface area contributed by atoms with Gasteiger partial charge in [0.15, 0.2) is 0 Å². The van der Waals surface area contributed by atoms with E-state index in [2.05, 4.69) is 0 Å². The Morgan fingerprint density at radius 1 is 1.41 bits per heavy atom. The van der Waals surface area contributed by atoms with E-state index in [1.54, 1.807) is 12.1 Å². The van der Waals surface area contributed by atoms with Crippen LogP contribution < -0.4 is 5.73 Å². The molecule has 3 nitrogen and oxygen atoms in total. The van der Waals surface area contributed by atoms with Crippen molar-refractivity contribution in [2.75, 3.05) is 6.61 Å². The molecule has 0 heterocycles. The van der Waals surface area contributed by atoms with E-state index in [0.717, 1.165) is 18.4 Å². The Balaban J connectivity index is 2.40. The van der Waals surface area contributed by atoms with Crippen molar-refractivity contribution < 1.29 is 9.53 Å². The van der Waals surface area contributed by atoms with Crippen LogP contribution in [0.2, 0.25) is 5.02 Å². The number of esters is 1. The number of unbranched alkanes of at least 4 members (excludes halogenated alkanes) is 1. The lowest BCUT2D eigenvalue weighted by molar-refractivity contribution is -0.145. The first kappa shape index (κ1) is 14.0. The van der Waals surface area contributed by atoms with Crippen LogP contribution in [0, 0.1) is 0 Å². The SMILES string of the molecule is CCCCOC(=O)[C@H](N)Cc1ccc(Cl)cc1. The van der Waals surface area contributed by atoms with Crippen LogP contribution in [0.15, 0.2) is 24.3 Å².